The highest BCUT2D eigenvalue weighted by Gasteiger charge is 2.30. The summed E-state index contributed by atoms with van der Waals surface area (Å²) >= 11 is 0. The lowest BCUT2D eigenvalue weighted by molar-refractivity contribution is -0.140. The van der Waals surface area contributed by atoms with Crippen LogP contribution in [0, 0.1) is 5.92 Å². The fraction of sp³-hybridized carbons (Fsp3) is 0.652. The molecule has 8 nitrogen and oxygen atoms in total. The number of rotatable bonds is 7. The van der Waals surface area contributed by atoms with Gasteiger partial charge in [0.2, 0.25) is 5.91 Å². The highest BCUT2D eigenvalue weighted by molar-refractivity contribution is 14.0. The summed E-state index contributed by atoms with van der Waals surface area (Å²) in [6.07, 6.45) is 1.65. The number of benzene rings is 1. The molecule has 0 aliphatic carbocycles. The number of ether oxygens (including phenoxy) is 3. The predicted octanol–water partition coefficient (Wildman–Crippen LogP) is 2.62. The Bertz CT molecular complexity index is 734. The molecule has 1 aromatic carbocycles. The molecule has 2 heterocycles. The van der Waals surface area contributed by atoms with Gasteiger partial charge >= 0.3 is 0 Å². The van der Waals surface area contributed by atoms with Crippen LogP contribution in [-0.2, 0) is 9.53 Å². The number of nitrogens with one attached hydrogen (secondary N) is 1. The van der Waals surface area contributed by atoms with Crippen molar-refractivity contribution in [2.24, 2.45) is 10.9 Å². The van der Waals surface area contributed by atoms with Gasteiger partial charge in [0, 0.05) is 44.7 Å². The first-order chi connectivity index (χ1) is 15.1. The average molecular weight is 560 g/mol. The third-order valence-electron chi connectivity index (χ3n) is 5.68. The number of amides is 1. The number of nitrogens with zero attached hydrogens (tertiary/aromatic N) is 3. The summed E-state index contributed by atoms with van der Waals surface area (Å²) in [6, 6.07) is 7.61. The van der Waals surface area contributed by atoms with Gasteiger partial charge in [0.05, 0.1) is 26.9 Å². The van der Waals surface area contributed by atoms with Gasteiger partial charge < -0.3 is 29.3 Å². The van der Waals surface area contributed by atoms with Crippen LogP contribution in [0.2, 0.25) is 0 Å². The van der Waals surface area contributed by atoms with Gasteiger partial charge in [-0.15, -0.1) is 24.0 Å². The largest absolute Gasteiger partial charge is 0.497 e. The summed E-state index contributed by atoms with van der Waals surface area (Å²) in [5, 5.41) is 3.39. The zero-order valence-electron chi connectivity index (χ0n) is 19.4. The van der Waals surface area contributed by atoms with E-state index in [2.05, 4.69) is 17.1 Å². The van der Waals surface area contributed by atoms with E-state index < -0.39 is 0 Å². The number of halogens is 1. The Balaban J connectivity index is 0.00000363. The Labute approximate surface area is 208 Å². The maximum Gasteiger partial charge on any atom is 0.225 e. The van der Waals surface area contributed by atoms with Crippen LogP contribution in [-0.4, -0.2) is 87.4 Å². The Hall–Kier alpha value is -1.75. The molecule has 2 aliphatic heterocycles. The van der Waals surface area contributed by atoms with E-state index in [4.69, 9.17) is 19.2 Å². The molecule has 9 heteroatoms. The second-order valence-corrected chi connectivity index (χ2v) is 8.00. The van der Waals surface area contributed by atoms with Crippen molar-refractivity contribution in [3.05, 3.63) is 24.3 Å². The van der Waals surface area contributed by atoms with Crippen molar-refractivity contribution in [1.82, 2.24) is 15.1 Å². The highest BCUT2D eigenvalue weighted by Crippen LogP contribution is 2.21. The van der Waals surface area contributed by atoms with Gasteiger partial charge in [0.25, 0.3) is 0 Å². The summed E-state index contributed by atoms with van der Waals surface area (Å²) in [4.78, 5) is 21.8. The Morgan fingerprint density at radius 2 is 1.88 bits per heavy atom. The average Bonchev–Trinajstić information content (AvgIpc) is 2.82. The molecule has 1 amide bonds. The van der Waals surface area contributed by atoms with Crippen LogP contribution in [0.4, 0.5) is 0 Å². The minimum absolute atomic E-state index is 0. The number of carbonyl (C=O) groups excluding carboxylic acids is 1. The molecule has 3 rings (SSSR count). The molecule has 0 aromatic heterocycles. The van der Waals surface area contributed by atoms with E-state index in [1.54, 1.807) is 7.11 Å². The molecule has 1 unspecified atom stereocenters. The summed E-state index contributed by atoms with van der Waals surface area (Å²) in [6.45, 7) is 9.83. The van der Waals surface area contributed by atoms with Crippen molar-refractivity contribution in [2.75, 3.05) is 59.6 Å². The summed E-state index contributed by atoms with van der Waals surface area (Å²) < 4.78 is 16.6. The second kappa shape index (κ2) is 13.7. The van der Waals surface area contributed by atoms with Gasteiger partial charge in [-0.25, -0.2) is 4.99 Å². The minimum atomic E-state index is -0.0683. The van der Waals surface area contributed by atoms with E-state index in [1.165, 1.54) is 0 Å². The molecule has 32 heavy (non-hydrogen) atoms. The molecule has 0 saturated carbocycles. The lowest BCUT2D eigenvalue weighted by Gasteiger charge is -2.36. The van der Waals surface area contributed by atoms with Crippen molar-refractivity contribution >= 4 is 35.8 Å². The maximum atomic E-state index is 12.8. The number of morpholine rings is 1. The van der Waals surface area contributed by atoms with Gasteiger partial charge in [-0.1, -0.05) is 6.07 Å². The lowest BCUT2D eigenvalue weighted by atomic mass is 9.95. The van der Waals surface area contributed by atoms with Crippen molar-refractivity contribution in [3.8, 4) is 11.5 Å². The van der Waals surface area contributed by atoms with Crippen LogP contribution < -0.4 is 14.8 Å². The van der Waals surface area contributed by atoms with E-state index in [-0.39, 0.29) is 41.9 Å². The molecule has 2 saturated heterocycles. The van der Waals surface area contributed by atoms with Gasteiger partial charge in [-0.2, -0.15) is 0 Å². The SMILES string of the molecule is CCNC(=NCC(C)Oc1cccc(OC)c1)N1CCC(C(=O)N2CCOCC2)CC1.I. The molecule has 0 radical (unpaired) electrons. The zero-order valence-corrected chi connectivity index (χ0v) is 21.7. The standard InChI is InChI=1S/C23H36N4O4.HI/c1-4-24-23(25-17-18(2)31-21-7-5-6-20(16-21)29-3)27-10-8-19(9-11-27)22(28)26-12-14-30-15-13-26;/h5-7,16,18-19H,4,8-15,17H2,1-3H3,(H,24,25);1H. The maximum absolute atomic E-state index is 12.8. The molecule has 1 aromatic rings. The number of guanidine groups is 1. The number of methoxy groups -OCH3 is 1. The fourth-order valence-electron chi connectivity index (χ4n) is 3.97. The third-order valence-corrected chi connectivity index (χ3v) is 5.68. The monoisotopic (exact) mass is 560 g/mol. The van der Waals surface area contributed by atoms with Gasteiger partial charge in [0.15, 0.2) is 5.96 Å². The lowest BCUT2D eigenvalue weighted by Crippen LogP contribution is -2.50. The second-order valence-electron chi connectivity index (χ2n) is 8.00. The minimum Gasteiger partial charge on any atom is -0.497 e. The zero-order chi connectivity index (χ0) is 22.1. The van der Waals surface area contributed by atoms with E-state index in [1.807, 2.05) is 36.1 Å². The van der Waals surface area contributed by atoms with E-state index >= 15 is 0 Å². The molecular weight excluding hydrogens is 523 g/mol. The van der Waals surface area contributed by atoms with Gasteiger partial charge in [-0.05, 0) is 38.8 Å². The first-order valence-electron chi connectivity index (χ1n) is 11.3. The molecule has 1 atom stereocenters. The van der Waals surface area contributed by atoms with E-state index in [9.17, 15) is 4.79 Å². The Morgan fingerprint density at radius 3 is 2.53 bits per heavy atom. The first-order valence-corrected chi connectivity index (χ1v) is 11.3. The predicted molar refractivity (Wildman–Crippen MR) is 136 cm³/mol. The molecule has 0 spiro atoms. The summed E-state index contributed by atoms with van der Waals surface area (Å²) in [5.74, 6) is 2.82. The Morgan fingerprint density at radius 1 is 1.19 bits per heavy atom. The quantitative estimate of drug-likeness (QED) is 0.314. The van der Waals surface area contributed by atoms with Crippen molar-refractivity contribution in [3.63, 3.8) is 0 Å². The number of piperidine rings is 1. The third kappa shape index (κ3) is 7.68. The molecule has 180 valence electrons. The van der Waals surface area contributed by atoms with Crippen LogP contribution in [0.25, 0.3) is 0 Å². The molecule has 1 N–H and O–H groups in total. The van der Waals surface area contributed by atoms with E-state index in [0.29, 0.717) is 32.8 Å². The van der Waals surface area contributed by atoms with Crippen LogP contribution in [0.1, 0.15) is 26.7 Å². The van der Waals surface area contributed by atoms with Crippen molar-refractivity contribution < 1.29 is 19.0 Å². The molecule has 2 fully saturated rings. The highest BCUT2D eigenvalue weighted by atomic mass is 127. The molecule has 2 aliphatic rings. The number of carbonyl (C=O) groups is 1. The Kier molecular flexibility index (Phi) is 11.4. The van der Waals surface area contributed by atoms with Crippen molar-refractivity contribution in [2.45, 2.75) is 32.8 Å². The van der Waals surface area contributed by atoms with Crippen molar-refractivity contribution in [1.29, 1.82) is 0 Å². The summed E-state index contributed by atoms with van der Waals surface area (Å²) in [7, 11) is 1.65. The van der Waals surface area contributed by atoms with Crippen LogP contribution in [0.5, 0.6) is 11.5 Å². The van der Waals surface area contributed by atoms with Crippen LogP contribution in [0.15, 0.2) is 29.3 Å². The fourth-order valence-corrected chi connectivity index (χ4v) is 3.97. The van der Waals surface area contributed by atoms with Crippen LogP contribution in [0.3, 0.4) is 0 Å². The first kappa shape index (κ1) is 26.5. The summed E-state index contributed by atoms with van der Waals surface area (Å²) in [5.41, 5.74) is 0. The molecule has 0 bridgehead atoms. The molecular formula is C23H37IN4O4. The number of hydrogen-bond donors (Lipinski definition) is 1. The van der Waals surface area contributed by atoms with Crippen LogP contribution >= 0.6 is 24.0 Å². The van der Waals surface area contributed by atoms with E-state index in [0.717, 1.165) is 49.9 Å². The van der Waals surface area contributed by atoms with Gasteiger partial charge in [0.1, 0.15) is 17.6 Å². The van der Waals surface area contributed by atoms with Gasteiger partial charge in [-0.3, -0.25) is 4.79 Å². The number of hydrogen-bond acceptors (Lipinski definition) is 5. The number of aliphatic imine (C=N–C) groups is 1. The smallest absolute Gasteiger partial charge is 0.225 e. The topological polar surface area (TPSA) is 75.6 Å². The normalized spacial score (nSPS) is 18.5. The number of likely N-dealkylation sites (tertiary alicyclic amines) is 1.